The Hall–Kier alpha value is -1.76. The molecule has 1 heterocycles. The second kappa shape index (κ2) is 8.75. The lowest BCUT2D eigenvalue weighted by Crippen LogP contribution is -2.36. The van der Waals surface area contributed by atoms with Crippen molar-refractivity contribution < 1.29 is 13.9 Å². The van der Waals surface area contributed by atoms with E-state index in [4.69, 9.17) is 27.9 Å². The van der Waals surface area contributed by atoms with Crippen molar-refractivity contribution in [1.29, 1.82) is 0 Å². The molecule has 8 heteroatoms. The summed E-state index contributed by atoms with van der Waals surface area (Å²) in [7, 11) is 0. The van der Waals surface area contributed by atoms with Crippen LogP contribution in [0.5, 0.6) is 5.75 Å². The summed E-state index contributed by atoms with van der Waals surface area (Å²) in [5.74, 6) is 0.541. The number of amides is 1. The van der Waals surface area contributed by atoms with Crippen LogP contribution in [-0.2, 0) is 10.5 Å². The van der Waals surface area contributed by atoms with Crippen molar-refractivity contribution in [3.63, 3.8) is 0 Å². The van der Waals surface area contributed by atoms with Crippen LogP contribution in [0.25, 0.3) is 0 Å². The van der Waals surface area contributed by atoms with Gasteiger partial charge in [-0.25, -0.2) is 4.39 Å². The minimum absolute atomic E-state index is 0.141. The molecule has 3 rings (SSSR count). The van der Waals surface area contributed by atoms with Crippen LogP contribution in [0.1, 0.15) is 5.56 Å². The Morgan fingerprint density at radius 1 is 1.23 bits per heavy atom. The number of hydrogen-bond acceptors (Lipinski definition) is 4. The summed E-state index contributed by atoms with van der Waals surface area (Å²) < 4.78 is 18.5. The van der Waals surface area contributed by atoms with Crippen LogP contribution < -0.4 is 4.74 Å². The third kappa shape index (κ3) is 4.90. The van der Waals surface area contributed by atoms with Crippen molar-refractivity contribution in [2.24, 2.45) is 4.99 Å². The quantitative estimate of drug-likeness (QED) is 0.717. The van der Waals surface area contributed by atoms with Gasteiger partial charge in [0.1, 0.15) is 11.6 Å². The van der Waals surface area contributed by atoms with E-state index in [2.05, 4.69) is 4.99 Å². The molecule has 0 saturated carbocycles. The van der Waals surface area contributed by atoms with Gasteiger partial charge < -0.3 is 4.74 Å². The molecule has 0 aliphatic carbocycles. The maximum Gasteiger partial charge on any atom is 0.266 e. The Labute approximate surface area is 164 Å². The Kier molecular flexibility index (Phi) is 6.40. The highest BCUT2D eigenvalue weighted by molar-refractivity contribution is 8.13. The van der Waals surface area contributed by atoms with Crippen molar-refractivity contribution in [3.05, 3.63) is 63.9 Å². The van der Waals surface area contributed by atoms with Gasteiger partial charge >= 0.3 is 0 Å². The zero-order valence-electron chi connectivity index (χ0n) is 13.6. The predicted octanol–water partition coefficient (Wildman–Crippen LogP) is 4.64. The molecule has 26 heavy (non-hydrogen) atoms. The highest BCUT2D eigenvalue weighted by atomic mass is 35.5. The van der Waals surface area contributed by atoms with Gasteiger partial charge in [-0.05, 0) is 35.9 Å². The van der Waals surface area contributed by atoms with Crippen LogP contribution in [0.15, 0.2) is 47.5 Å². The first-order valence-corrected chi connectivity index (χ1v) is 9.57. The summed E-state index contributed by atoms with van der Waals surface area (Å²) in [5.41, 5.74) is 0.961. The van der Waals surface area contributed by atoms with Gasteiger partial charge in [0.25, 0.3) is 5.91 Å². The molecule has 1 aliphatic rings. The lowest BCUT2D eigenvalue weighted by atomic mass is 10.2. The number of carbonyl (C=O) groups excluding carboxylic acids is 1. The molecule has 2 aromatic rings. The number of rotatable bonds is 5. The van der Waals surface area contributed by atoms with Gasteiger partial charge in [0.2, 0.25) is 0 Å². The minimum Gasteiger partial charge on any atom is -0.482 e. The van der Waals surface area contributed by atoms with E-state index in [0.717, 1.165) is 5.56 Å². The fraction of sp³-hybridized carbons (Fsp3) is 0.222. The van der Waals surface area contributed by atoms with Crippen LogP contribution in [0.2, 0.25) is 10.0 Å². The summed E-state index contributed by atoms with van der Waals surface area (Å²) in [6.45, 7) is 0.930. The molecule has 0 unspecified atom stereocenters. The summed E-state index contributed by atoms with van der Waals surface area (Å²) >= 11 is 13.3. The number of halogens is 3. The molecule has 4 nitrogen and oxygen atoms in total. The van der Waals surface area contributed by atoms with Gasteiger partial charge in [-0.2, -0.15) is 0 Å². The number of carbonyl (C=O) groups is 1. The smallest absolute Gasteiger partial charge is 0.266 e. The molecule has 1 amide bonds. The third-order valence-corrected chi connectivity index (χ3v) is 5.24. The van der Waals surface area contributed by atoms with Gasteiger partial charge in [-0.15, -0.1) is 0 Å². The van der Waals surface area contributed by atoms with Crippen molar-refractivity contribution in [2.45, 2.75) is 5.75 Å². The Morgan fingerprint density at radius 3 is 2.73 bits per heavy atom. The number of amidine groups is 1. The fourth-order valence-corrected chi connectivity index (χ4v) is 3.80. The predicted molar refractivity (Wildman–Crippen MR) is 104 cm³/mol. The molecule has 0 radical (unpaired) electrons. The van der Waals surface area contributed by atoms with E-state index in [9.17, 15) is 9.18 Å². The van der Waals surface area contributed by atoms with Crippen molar-refractivity contribution >= 4 is 46.0 Å². The highest BCUT2D eigenvalue weighted by Crippen LogP contribution is 2.27. The number of benzene rings is 2. The molecular weight excluding hydrogens is 398 g/mol. The third-order valence-electron chi connectivity index (χ3n) is 3.63. The van der Waals surface area contributed by atoms with Crippen LogP contribution in [0, 0.1) is 5.82 Å². The largest absolute Gasteiger partial charge is 0.482 e. The van der Waals surface area contributed by atoms with E-state index in [1.165, 1.54) is 23.9 Å². The Bertz CT molecular complexity index is 830. The maximum atomic E-state index is 13.0. The first kappa shape index (κ1) is 19.0. The van der Waals surface area contributed by atoms with Crippen molar-refractivity contribution in [1.82, 2.24) is 4.90 Å². The molecule has 2 aromatic carbocycles. The van der Waals surface area contributed by atoms with Gasteiger partial charge in [0.15, 0.2) is 11.8 Å². The number of ether oxygens (including phenoxy) is 1. The monoisotopic (exact) mass is 412 g/mol. The molecule has 136 valence electrons. The summed E-state index contributed by atoms with van der Waals surface area (Å²) in [4.78, 5) is 18.4. The average molecular weight is 413 g/mol. The first-order chi connectivity index (χ1) is 12.5. The number of thioether (sulfide) groups is 1. The van der Waals surface area contributed by atoms with Crippen LogP contribution in [-0.4, -0.2) is 35.7 Å². The molecule has 0 spiro atoms. The van der Waals surface area contributed by atoms with E-state index < -0.39 is 0 Å². The number of aliphatic imine (C=N–C) groups is 1. The van der Waals surface area contributed by atoms with E-state index in [1.54, 1.807) is 35.2 Å². The average Bonchev–Trinajstić information content (AvgIpc) is 3.09. The van der Waals surface area contributed by atoms with E-state index in [-0.39, 0.29) is 18.3 Å². The zero-order chi connectivity index (χ0) is 18.5. The Balaban J connectivity index is 1.55. The number of hydrogen-bond donors (Lipinski definition) is 0. The van der Waals surface area contributed by atoms with Crippen molar-refractivity contribution in [3.8, 4) is 5.75 Å². The molecule has 0 aromatic heterocycles. The summed E-state index contributed by atoms with van der Waals surface area (Å²) in [6.07, 6.45) is 0. The van der Waals surface area contributed by atoms with Crippen LogP contribution >= 0.6 is 35.0 Å². The standard InChI is InChI=1S/C18H15Cl2FN2O2S/c19-13-3-6-16(15(20)9-13)25-10-17(24)23-8-7-22-18(23)26-11-12-1-4-14(21)5-2-12/h1-6,9H,7-8,10-11H2. The first-order valence-electron chi connectivity index (χ1n) is 7.83. The lowest BCUT2D eigenvalue weighted by molar-refractivity contribution is -0.128. The van der Waals surface area contributed by atoms with Gasteiger partial charge in [-0.1, -0.05) is 47.1 Å². The molecule has 1 aliphatic heterocycles. The Morgan fingerprint density at radius 2 is 2.00 bits per heavy atom. The minimum atomic E-state index is -0.272. The van der Waals surface area contributed by atoms with Crippen LogP contribution in [0.4, 0.5) is 4.39 Å². The van der Waals surface area contributed by atoms with Gasteiger partial charge in [-0.3, -0.25) is 14.7 Å². The van der Waals surface area contributed by atoms with E-state index in [1.807, 2.05) is 0 Å². The van der Waals surface area contributed by atoms with Crippen molar-refractivity contribution in [2.75, 3.05) is 19.7 Å². The van der Waals surface area contributed by atoms with E-state index in [0.29, 0.717) is 39.8 Å². The zero-order valence-corrected chi connectivity index (χ0v) is 16.0. The normalized spacial score (nSPS) is 13.7. The molecule has 0 atom stereocenters. The molecule has 0 saturated heterocycles. The van der Waals surface area contributed by atoms with Crippen LogP contribution in [0.3, 0.4) is 0 Å². The molecular formula is C18H15Cl2FN2O2S. The highest BCUT2D eigenvalue weighted by Gasteiger charge is 2.24. The summed E-state index contributed by atoms with van der Waals surface area (Å²) in [5, 5.41) is 1.50. The molecule has 0 N–H and O–H groups in total. The maximum absolute atomic E-state index is 13.0. The van der Waals surface area contributed by atoms with E-state index >= 15 is 0 Å². The molecule has 0 fully saturated rings. The SMILES string of the molecule is O=C(COc1ccc(Cl)cc1Cl)N1CCN=C1SCc1ccc(F)cc1. The lowest BCUT2D eigenvalue weighted by Gasteiger charge is -2.18. The second-order valence-electron chi connectivity index (χ2n) is 5.49. The number of nitrogens with zero attached hydrogens (tertiary/aromatic N) is 2. The van der Waals surface area contributed by atoms with Gasteiger partial charge in [0, 0.05) is 17.3 Å². The fourth-order valence-electron chi connectivity index (χ4n) is 2.32. The van der Waals surface area contributed by atoms with Gasteiger partial charge in [0.05, 0.1) is 11.6 Å². The molecule has 0 bridgehead atoms. The summed E-state index contributed by atoms with van der Waals surface area (Å²) in [6, 6.07) is 11.1. The second-order valence-corrected chi connectivity index (χ2v) is 7.27. The topological polar surface area (TPSA) is 41.9 Å².